The molecule has 14 N–H and O–H groups in total. The summed E-state index contributed by atoms with van der Waals surface area (Å²) in [5.41, 5.74) is 43.5. The average Bonchev–Trinajstić information content (AvgIpc) is 1.71. The molecule has 2 aliphatic heterocycles. The second kappa shape index (κ2) is 44.9. The first-order valence-corrected chi connectivity index (χ1v) is 46.5. The van der Waals surface area contributed by atoms with Crippen LogP contribution in [-0.2, 0) is 97.5 Å². The number of nitrogens with one attached hydrogen (secondary N) is 6. The number of hydrogen-bond donors (Lipinski definition) is 10. The zero-order chi connectivity index (χ0) is 93.3. The Bertz CT molecular complexity index is 6140. The number of ether oxygens (including phenoxy) is 4. The third-order valence-corrected chi connectivity index (χ3v) is 23.8. The van der Waals surface area contributed by atoms with E-state index < -0.39 is 0 Å². The van der Waals surface area contributed by atoms with Gasteiger partial charge in [-0.05, 0) is 148 Å². The lowest BCUT2D eigenvalue weighted by Gasteiger charge is -2.09. The second-order valence-corrected chi connectivity index (χ2v) is 33.8. The number of nitrogens with zero attached hydrogens (tertiary/aromatic N) is 18. The highest BCUT2D eigenvalue weighted by Crippen LogP contribution is 2.34. The van der Waals surface area contributed by atoms with Gasteiger partial charge in [-0.2, -0.15) is 39.9 Å². The van der Waals surface area contributed by atoms with E-state index in [2.05, 4.69) is 140 Å². The highest BCUT2D eigenvalue weighted by Gasteiger charge is 2.24. The van der Waals surface area contributed by atoms with Crippen molar-refractivity contribution in [1.82, 2.24) is 119 Å². The van der Waals surface area contributed by atoms with Gasteiger partial charge >= 0.3 is 0 Å². The molecule has 15 aromatic rings. The predicted molar refractivity (Wildman–Crippen MR) is 522 cm³/mol. The van der Waals surface area contributed by atoms with Crippen molar-refractivity contribution in [2.45, 2.75) is 181 Å². The summed E-state index contributed by atoms with van der Waals surface area (Å²) in [6.07, 6.45) is 31.2. The number of fused-ring (bicyclic) bond motifs is 12. The van der Waals surface area contributed by atoms with Crippen LogP contribution in [0.2, 0.25) is 0 Å². The zero-order valence-corrected chi connectivity index (χ0v) is 75.7. The van der Waals surface area contributed by atoms with E-state index in [0.717, 1.165) is 218 Å². The molecule has 0 fully saturated rings. The third-order valence-electron chi connectivity index (χ3n) is 23.8. The number of aromatic nitrogens is 20. The van der Waals surface area contributed by atoms with Crippen LogP contribution in [0.5, 0.6) is 23.5 Å². The molecule has 0 radical (unpaired) electrons. The van der Waals surface area contributed by atoms with E-state index in [9.17, 15) is 19.2 Å². The normalized spacial score (nSPS) is 11.8. The number of carbonyl (C=O) groups excluding carboxylic acids is 4. The summed E-state index contributed by atoms with van der Waals surface area (Å²) in [7, 11) is 0. The van der Waals surface area contributed by atoms with Crippen LogP contribution < -0.4 is 63.1 Å². The number of amides is 4. The third kappa shape index (κ3) is 23.9. The molecule has 2 aliphatic rings. The number of aromatic amines is 2. The number of unbranched alkanes of at least 4 members (excludes halogenated alkanes) is 12. The molecule has 0 atom stereocenters. The van der Waals surface area contributed by atoms with Gasteiger partial charge in [0.05, 0.1) is 48.1 Å². The van der Waals surface area contributed by atoms with Crippen LogP contribution in [-0.4, -0.2) is 148 Å². The number of H-pyrrole nitrogens is 2. The van der Waals surface area contributed by atoms with E-state index in [0.29, 0.717) is 70.8 Å². The molecule has 4 aromatic carbocycles. The molecule has 13 heterocycles. The summed E-state index contributed by atoms with van der Waals surface area (Å²) in [4.78, 5) is 126. The smallest absolute Gasteiger partial charge is 0.247 e. The van der Waals surface area contributed by atoms with Gasteiger partial charge in [-0.1, -0.05) is 173 Å². The lowest BCUT2D eigenvalue weighted by atomic mass is 10.0. The lowest BCUT2D eigenvalue weighted by Crippen LogP contribution is -2.28. The van der Waals surface area contributed by atoms with E-state index in [1.807, 2.05) is 121 Å². The molecular weight excluding hydrogens is 1720 g/mol. The molecule has 36 heteroatoms. The number of carbonyl (C=O) groups is 4. The SMILES string of the molecule is Nc1nc(OCc2ccccc2)c2ncn(CC(=O)NCCCCCCc3c4nc(c(CCCCCCNC(=O)Cn5cnc6c(OCc7ccccc7)nc(N)nc65)c5ccc([nH]5)c(CCCCCCNC(=O)Cn5cnc6c(OCc7ccccc7)nc(N)nc65)c5nc(c(CCCCCCNC(=O)Cn6cnc7c(OCc8ccccc8)nc(N)nc76)c6ccc3[nH]6)C=C5)C=C4)c2n1. The van der Waals surface area contributed by atoms with Crippen molar-refractivity contribution in [1.29, 1.82) is 0 Å². The van der Waals surface area contributed by atoms with Gasteiger partial charge in [0.1, 0.15) is 52.6 Å². The van der Waals surface area contributed by atoms with Crippen molar-refractivity contribution >= 4 is 138 Å². The first kappa shape index (κ1) is 91.8. The van der Waals surface area contributed by atoms with E-state index >= 15 is 0 Å². The number of benzene rings is 4. The minimum Gasteiger partial charge on any atom is -0.471 e. The van der Waals surface area contributed by atoms with Crippen molar-refractivity contribution in [2.24, 2.45) is 0 Å². The summed E-state index contributed by atoms with van der Waals surface area (Å²) in [6.45, 7) is 2.94. The van der Waals surface area contributed by atoms with Crippen molar-refractivity contribution in [3.63, 3.8) is 0 Å². The molecule has 698 valence electrons. The highest BCUT2D eigenvalue weighted by molar-refractivity contribution is 5.87. The lowest BCUT2D eigenvalue weighted by molar-refractivity contribution is -0.122. The minimum atomic E-state index is -0.184. The Morgan fingerprint density at radius 2 is 0.493 bits per heavy atom. The molecule has 0 aliphatic carbocycles. The molecular formula is C100H110N28O8. The topological polar surface area (TPSA) is 489 Å². The summed E-state index contributed by atoms with van der Waals surface area (Å²) in [6, 6.07) is 47.6. The van der Waals surface area contributed by atoms with Crippen molar-refractivity contribution in [3.05, 3.63) is 238 Å². The minimum absolute atomic E-state index is 0.0120. The second-order valence-electron chi connectivity index (χ2n) is 33.8. The highest BCUT2D eigenvalue weighted by atomic mass is 16.5. The van der Waals surface area contributed by atoms with E-state index in [-0.39, 0.29) is 124 Å². The summed E-state index contributed by atoms with van der Waals surface area (Å²) in [5, 5.41) is 12.4. The fourth-order valence-corrected chi connectivity index (χ4v) is 16.9. The molecule has 8 bridgehead atoms. The van der Waals surface area contributed by atoms with Gasteiger partial charge < -0.3 is 91.4 Å². The summed E-state index contributed by atoms with van der Waals surface area (Å²) in [5.74, 6) is 0.310. The van der Waals surface area contributed by atoms with Crippen molar-refractivity contribution in [2.75, 3.05) is 49.1 Å². The Morgan fingerprint density at radius 3 is 0.721 bits per heavy atom. The van der Waals surface area contributed by atoms with Gasteiger partial charge in [-0.15, -0.1) is 0 Å². The number of imidazole rings is 4. The molecule has 17 rings (SSSR count). The van der Waals surface area contributed by atoms with Crippen LogP contribution >= 0.6 is 0 Å². The van der Waals surface area contributed by atoms with Crippen LogP contribution in [0.25, 0.3) is 91.0 Å². The van der Waals surface area contributed by atoms with Crippen LogP contribution in [0.15, 0.2) is 171 Å². The molecule has 11 aromatic heterocycles. The molecule has 0 saturated heterocycles. The molecule has 136 heavy (non-hydrogen) atoms. The van der Waals surface area contributed by atoms with E-state index in [1.54, 1.807) is 43.6 Å². The van der Waals surface area contributed by atoms with Gasteiger partial charge in [0.2, 0.25) is 70.9 Å². The number of nitrogen functional groups attached to an aromatic ring is 4. The van der Waals surface area contributed by atoms with Crippen molar-refractivity contribution < 1.29 is 38.1 Å². The number of anilines is 4. The van der Waals surface area contributed by atoms with Gasteiger partial charge in [0.25, 0.3) is 0 Å². The van der Waals surface area contributed by atoms with Crippen LogP contribution in [0.3, 0.4) is 0 Å². The van der Waals surface area contributed by atoms with Gasteiger partial charge in [-0.25, -0.2) is 29.9 Å². The Morgan fingerprint density at radius 1 is 0.272 bits per heavy atom. The first-order valence-electron chi connectivity index (χ1n) is 46.5. The molecule has 0 saturated carbocycles. The molecule has 0 spiro atoms. The van der Waals surface area contributed by atoms with Crippen molar-refractivity contribution in [3.8, 4) is 23.5 Å². The maximum absolute atomic E-state index is 13.5. The monoisotopic (exact) mass is 1830 g/mol. The number of aryl methyl sites for hydroxylation is 4. The quantitative estimate of drug-likeness (QED) is 0.0158. The Balaban J connectivity index is 0.587. The molecule has 4 amide bonds. The summed E-state index contributed by atoms with van der Waals surface area (Å²) >= 11 is 0. The zero-order valence-electron chi connectivity index (χ0n) is 75.7. The Labute approximate surface area is 783 Å². The van der Waals surface area contributed by atoms with Gasteiger partial charge in [0, 0.05) is 70.5 Å². The largest absolute Gasteiger partial charge is 0.471 e. The van der Waals surface area contributed by atoms with Gasteiger partial charge in [0.15, 0.2) is 44.7 Å². The maximum atomic E-state index is 13.5. The Kier molecular flexibility index (Phi) is 30.3. The average molecular weight is 1830 g/mol. The van der Waals surface area contributed by atoms with E-state index in [1.165, 1.54) is 0 Å². The van der Waals surface area contributed by atoms with Crippen LogP contribution in [0, 0.1) is 0 Å². The number of hydrogen-bond acceptors (Lipinski definition) is 26. The number of nitrogens with two attached hydrogens (primary N) is 4. The fraction of sp³-hybridized carbons (Fsp3) is 0.320. The van der Waals surface area contributed by atoms with Gasteiger partial charge in [-0.3, -0.25) is 19.2 Å². The molecule has 0 unspecified atom stereocenters. The van der Waals surface area contributed by atoms with E-state index in [4.69, 9.17) is 51.9 Å². The first-order chi connectivity index (χ1) is 66.7. The molecule has 36 nitrogen and oxygen atoms in total. The fourth-order valence-electron chi connectivity index (χ4n) is 16.9. The predicted octanol–water partition coefficient (Wildman–Crippen LogP) is 13.5. The standard InChI is InChI=1S/C100H110N28O8/c101-97-117-89-85(93(121-97)133-57-65-29-13-9-14-30-65)109-61-125(89)53-81(129)105-49-25-5-1-21-37-69-73-41-43-75(113-73)70(38-22-2-6-26-50-106-82(130)54-126-62-110-86-90(126)118-98(102)122-94(86)134-58-66-31-15-10-16-32-66)77-45-47-79(115-77)72(40-24-4-8-28-52-108-84(132)56-128-64-112-88-92(128)120-100(104)124-96(88)136-60-68-35-19-12-20-36-68)80-48-46-78(116-80)71(76-44-42-74(69)114-76)39-23-3-7-27-51-107-83(131)55-127-63-111-87-91(127)119-99(103)123-95(87)135-59-67-33-17-11-18-34-67/h9-20,29-36,41-48,61-64,113,116H,1-8,21-28,37-40,49-60H2,(H,105,129)(H,106,130)(H,107,131)(H,108,132)(H2,101,117,121)(H2,102,118,122)(H2,103,119,123)(H2,104,120,124). The van der Waals surface area contributed by atoms with Crippen LogP contribution in [0.4, 0.5) is 23.8 Å². The van der Waals surface area contributed by atoms with Crippen LogP contribution in [0.1, 0.15) is 170 Å². The number of rotatable bonds is 48. The maximum Gasteiger partial charge on any atom is 0.247 e. The summed E-state index contributed by atoms with van der Waals surface area (Å²) < 4.78 is 30.8. The Hall–Kier alpha value is -16.0.